The fourth-order valence-electron chi connectivity index (χ4n) is 2.13. The molecule has 0 bridgehead atoms. The van der Waals surface area contributed by atoms with Crippen molar-refractivity contribution in [2.75, 3.05) is 13.7 Å². The quantitative estimate of drug-likeness (QED) is 0.303. The Morgan fingerprint density at radius 2 is 1.93 bits per heavy atom. The predicted octanol–water partition coefficient (Wildman–Crippen LogP) is 3.68. The minimum atomic E-state index is -0.491. The third-order valence-electron chi connectivity index (χ3n) is 3.33. The molecule has 0 spiro atoms. The molecular weight excluding hydrogens is 352 g/mol. The first-order valence-corrected chi connectivity index (χ1v) is 8.18. The van der Waals surface area contributed by atoms with E-state index in [1.54, 1.807) is 44.3 Å². The van der Waals surface area contributed by atoms with Gasteiger partial charge in [0.05, 0.1) is 18.1 Å². The van der Waals surface area contributed by atoms with Gasteiger partial charge in [0.2, 0.25) is 0 Å². The standard InChI is InChI=1S/C19H20N2O6/c1-13(2)27-19(22)12-26-16-7-4-14(5-8-16)11-20-17-10-15(21(23)24)6-9-18(17)25-3/h4-11,13H,12H2,1-3H3. The number of methoxy groups -OCH3 is 1. The lowest BCUT2D eigenvalue weighted by molar-refractivity contribution is -0.384. The Labute approximate surface area is 156 Å². The number of benzene rings is 2. The van der Waals surface area contributed by atoms with Crippen LogP contribution in [0.1, 0.15) is 19.4 Å². The van der Waals surface area contributed by atoms with E-state index in [0.717, 1.165) is 5.56 Å². The molecule has 142 valence electrons. The number of aliphatic imine (C=N–C) groups is 1. The van der Waals surface area contributed by atoms with Gasteiger partial charge < -0.3 is 14.2 Å². The van der Waals surface area contributed by atoms with Crippen molar-refractivity contribution < 1.29 is 23.9 Å². The van der Waals surface area contributed by atoms with Crippen LogP contribution in [-0.4, -0.2) is 36.9 Å². The molecule has 8 heteroatoms. The largest absolute Gasteiger partial charge is 0.494 e. The van der Waals surface area contributed by atoms with Crippen LogP contribution in [0.5, 0.6) is 11.5 Å². The van der Waals surface area contributed by atoms with Crippen LogP contribution in [0.3, 0.4) is 0 Å². The molecule has 2 aromatic carbocycles. The third kappa shape index (κ3) is 6.10. The highest BCUT2D eigenvalue weighted by Gasteiger charge is 2.10. The molecule has 0 saturated heterocycles. The van der Waals surface area contributed by atoms with E-state index >= 15 is 0 Å². The lowest BCUT2D eigenvalue weighted by Gasteiger charge is -2.09. The molecule has 0 aliphatic rings. The van der Waals surface area contributed by atoms with E-state index in [9.17, 15) is 14.9 Å². The van der Waals surface area contributed by atoms with E-state index in [0.29, 0.717) is 17.2 Å². The molecule has 0 aliphatic carbocycles. The van der Waals surface area contributed by atoms with Crippen LogP contribution in [0.2, 0.25) is 0 Å². The molecule has 2 aromatic rings. The molecule has 0 radical (unpaired) electrons. The van der Waals surface area contributed by atoms with Gasteiger partial charge in [0.1, 0.15) is 17.2 Å². The lowest BCUT2D eigenvalue weighted by atomic mass is 10.2. The van der Waals surface area contributed by atoms with Gasteiger partial charge in [-0.15, -0.1) is 0 Å². The average molecular weight is 372 g/mol. The minimum absolute atomic E-state index is 0.0695. The summed E-state index contributed by atoms with van der Waals surface area (Å²) in [7, 11) is 1.47. The smallest absolute Gasteiger partial charge is 0.344 e. The molecule has 27 heavy (non-hydrogen) atoms. The summed E-state index contributed by atoms with van der Waals surface area (Å²) in [6.45, 7) is 3.36. The topological polar surface area (TPSA) is 100 Å². The van der Waals surface area contributed by atoms with Crippen molar-refractivity contribution in [2.24, 2.45) is 4.99 Å². The second-order valence-corrected chi connectivity index (χ2v) is 5.77. The van der Waals surface area contributed by atoms with Crippen LogP contribution in [0.25, 0.3) is 0 Å². The summed E-state index contributed by atoms with van der Waals surface area (Å²) >= 11 is 0. The third-order valence-corrected chi connectivity index (χ3v) is 3.33. The monoisotopic (exact) mass is 372 g/mol. The number of rotatable bonds is 8. The van der Waals surface area contributed by atoms with Gasteiger partial charge in [0, 0.05) is 18.3 Å². The average Bonchev–Trinajstić information content (AvgIpc) is 2.64. The van der Waals surface area contributed by atoms with Gasteiger partial charge in [0.25, 0.3) is 5.69 Å². The van der Waals surface area contributed by atoms with Crippen molar-refractivity contribution in [3.63, 3.8) is 0 Å². The van der Waals surface area contributed by atoms with Crippen molar-refractivity contribution in [2.45, 2.75) is 20.0 Å². The van der Waals surface area contributed by atoms with Crippen LogP contribution in [0.4, 0.5) is 11.4 Å². The summed E-state index contributed by atoms with van der Waals surface area (Å²) in [6, 6.07) is 11.1. The first-order valence-electron chi connectivity index (χ1n) is 8.18. The summed E-state index contributed by atoms with van der Waals surface area (Å²) in [6.07, 6.45) is 1.36. The van der Waals surface area contributed by atoms with E-state index in [-0.39, 0.29) is 18.4 Å². The molecule has 0 saturated carbocycles. The Morgan fingerprint density at radius 3 is 2.52 bits per heavy atom. The van der Waals surface area contributed by atoms with Crippen molar-refractivity contribution in [1.29, 1.82) is 0 Å². The van der Waals surface area contributed by atoms with Crippen LogP contribution >= 0.6 is 0 Å². The minimum Gasteiger partial charge on any atom is -0.494 e. The fraction of sp³-hybridized carbons (Fsp3) is 0.263. The van der Waals surface area contributed by atoms with Crippen molar-refractivity contribution >= 4 is 23.6 Å². The molecule has 8 nitrogen and oxygen atoms in total. The van der Waals surface area contributed by atoms with E-state index < -0.39 is 10.9 Å². The number of nitro groups is 1. The zero-order valence-electron chi connectivity index (χ0n) is 15.2. The van der Waals surface area contributed by atoms with Gasteiger partial charge in [0.15, 0.2) is 6.61 Å². The lowest BCUT2D eigenvalue weighted by Crippen LogP contribution is -2.18. The van der Waals surface area contributed by atoms with Crippen LogP contribution in [-0.2, 0) is 9.53 Å². The zero-order valence-corrected chi connectivity index (χ0v) is 15.2. The SMILES string of the molecule is COc1ccc([N+](=O)[O-])cc1N=Cc1ccc(OCC(=O)OC(C)C)cc1. The maximum Gasteiger partial charge on any atom is 0.344 e. The number of hydrogen-bond donors (Lipinski definition) is 0. The molecule has 0 N–H and O–H groups in total. The van der Waals surface area contributed by atoms with Gasteiger partial charge in [-0.25, -0.2) is 4.79 Å². The predicted molar refractivity (Wildman–Crippen MR) is 100 cm³/mol. The summed E-state index contributed by atoms with van der Waals surface area (Å²) in [5.74, 6) is 0.509. The van der Waals surface area contributed by atoms with Crippen LogP contribution < -0.4 is 9.47 Å². The van der Waals surface area contributed by atoms with Gasteiger partial charge in [-0.3, -0.25) is 15.1 Å². The summed E-state index contributed by atoms with van der Waals surface area (Å²) in [5.41, 5.74) is 1.03. The number of esters is 1. The van der Waals surface area contributed by atoms with Gasteiger partial charge in [-0.05, 0) is 49.7 Å². The number of carbonyl (C=O) groups excluding carboxylic acids is 1. The number of non-ortho nitro benzene ring substituents is 1. The van der Waals surface area contributed by atoms with E-state index in [4.69, 9.17) is 14.2 Å². The number of carbonyl (C=O) groups is 1. The Kier molecular flexibility index (Phi) is 6.87. The highest BCUT2D eigenvalue weighted by atomic mass is 16.6. The molecule has 0 fully saturated rings. The summed E-state index contributed by atoms with van der Waals surface area (Å²) < 4.78 is 15.5. The number of nitro benzene ring substituents is 1. The molecule has 0 aromatic heterocycles. The Hall–Kier alpha value is -3.42. The number of nitrogens with zero attached hydrogens (tertiary/aromatic N) is 2. The van der Waals surface area contributed by atoms with Crippen molar-refractivity contribution in [3.8, 4) is 11.5 Å². The Bertz CT molecular complexity index is 831. The normalized spacial score (nSPS) is 10.8. The summed E-state index contributed by atoms with van der Waals surface area (Å²) in [5, 5.41) is 10.9. The Morgan fingerprint density at radius 1 is 1.22 bits per heavy atom. The Balaban J connectivity index is 2.05. The van der Waals surface area contributed by atoms with Crippen molar-refractivity contribution in [3.05, 3.63) is 58.1 Å². The molecule has 0 heterocycles. The van der Waals surface area contributed by atoms with E-state index in [1.807, 2.05) is 0 Å². The molecule has 0 aliphatic heterocycles. The second-order valence-electron chi connectivity index (χ2n) is 5.77. The molecule has 2 rings (SSSR count). The van der Waals surface area contributed by atoms with Crippen LogP contribution in [0, 0.1) is 10.1 Å². The first-order chi connectivity index (χ1) is 12.9. The second kappa shape index (κ2) is 9.33. The van der Waals surface area contributed by atoms with Gasteiger partial charge in [-0.2, -0.15) is 0 Å². The number of hydrogen-bond acceptors (Lipinski definition) is 7. The molecule has 0 unspecified atom stereocenters. The van der Waals surface area contributed by atoms with E-state index in [1.165, 1.54) is 25.3 Å². The highest BCUT2D eigenvalue weighted by Crippen LogP contribution is 2.31. The van der Waals surface area contributed by atoms with Crippen LogP contribution in [0.15, 0.2) is 47.5 Å². The molecule has 0 amide bonds. The maximum absolute atomic E-state index is 11.5. The maximum atomic E-state index is 11.5. The summed E-state index contributed by atoms with van der Waals surface area (Å²) in [4.78, 5) is 26.1. The van der Waals surface area contributed by atoms with Crippen molar-refractivity contribution in [1.82, 2.24) is 0 Å². The van der Waals surface area contributed by atoms with Gasteiger partial charge in [-0.1, -0.05) is 0 Å². The highest BCUT2D eigenvalue weighted by molar-refractivity contribution is 5.83. The van der Waals surface area contributed by atoms with E-state index in [2.05, 4.69) is 4.99 Å². The first kappa shape index (κ1) is 19.9. The number of ether oxygens (including phenoxy) is 3. The molecular formula is C19H20N2O6. The fourth-order valence-corrected chi connectivity index (χ4v) is 2.13. The molecule has 0 atom stereocenters. The zero-order chi connectivity index (χ0) is 19.8. The van der Waals surface area contributed by atoms with Gasteiger partial charge >= 0.3 is 5.97 Å².